The van der Waals surface area contributed by atoms with E-state index in [0.717, 1.165) is 0 Å². The number of hydrogen-bond donors (Lipinski definition) is 0. The van der Waals surface area contributed by atoms with Crippen LogP contribution in [0, 0.1) is 12.3 Å². The minimum Gasteiger partial charge on any atom is -0.478 e. The number of terminal acetylenes is 1. The first-order valence-corrected chi connectivity index (χ1v) is 4.57. The van der Waals surface area contributed by atoms with Crippen molar-refractivity contribution in [2.45, 2.75) is 0 Å². The van der Waals surface area contributed by atoms with Gasteiger partial charge in [0, 0.05) is 0 Å². The summed E-state index contributed by atoms with van der Waals surface area (Å²) in [6.45, 7) is 0.0652. The van der Waals surface area contributed by atoms with Crippen molar-refractivity contribution in [2.75, 3.05) is 6.61 Å². The summed E-state index contributed by atoms with van der Waals surface area (Å²) in [6.07, 6.45) is 6.41. The number of halogens is 2. The Hall–Kier alpha value is -1.46. The molecule has 0 bridgehead atoms. The van der Waals surface area contributed by atoms with Crippen LogP contribution in [-0.2, 0) is 4.79 Å². The first-order valence-electron chi connectivity index (χ1n) is 3.82. The molecule has 0 aliphatic carbocycles. The topological polar surface area (TPSA) is 38.7 Å². The van der Waals surface area contributed by atoms with Gasteiger partial charge in [-0.2, -0.15) is 4.99 Å². The predicted octanol–water partition coefficient (Wildman–Crippen LogP) is 2.97. The summed E-state index contributed by atoms with van der Waals surface area (Å²) in [6, 6.07) is 2.87. The maximum Gasteiger partial charge on any atom is 0.240 e. The monoisotopic (exact) mass is 241 g/mol. The summed E-state index contributed by atoms with van der Waals surface area (Å²) in [4.78, 5) is 13.4. The summed E-state index contributed by atoms with van der Waals surface area (Å²) >= 11 is 11.7. The summed E-state index contributed by atoms with van der Waals surface area (Å²) in [5.74, 6) is 2.56. The van der Waals surface area contributed by atoms with E-state index in [1.165, 1.54) is 18.2 Å². The molecule has 1 aromatic rings. The minimum atomic E-state index is 0.0652. The molecule has 1 rings (SSSR count). The molecule has 0 spiro atoms. The highest BCUT2D eigenvalue weighted by Crippen LogP contribution is 2.36. The van der Waals surface area contributed by atoms with Crippen molar-refractivity contribution in [2.24, 2.45) is 4.99 Å². The van der Waals surface area contributed by atoms with E-state index in [9.17, 15) is 4.79 Å². The number of aliphatic imine (C=N–C) groups is 1. The van der Waals surface area contributed by atoms with Gasteiger partial charge in [-0.05, 0) is 12.1 Å². The smallest absolute Gasteiger partial charge is 0.240 e. The second-order valence-electron chi connectivity index (χ2n) is 2.43. The predicted molar refractivity (Wildman–Crippen MR) is 58.6 cm³/mol. The maximum atomic E-state index is 10.0. The molecule has 0 N–H and O–H groups in total. The largest absolute Gasteiger partial charge is 0.478 e. The van der Waals surface area contributed by atoms with Crippen LogP contribution in [0.15, 0.2) is 17.1 Å². The third-order valence-corrected chi connectivity index (χ3v) is 2.02. The van der Waals surface area contributed by atoms with Crippen LogP contribution in [0.5, 0.6) is 5.75 Å². The van der Waals surface area contributed by atoms with Crippen LogP contribution >= 0.6 is 23.2 Å². The van der Waals surface area contributed by atoms with Crippen LogP contribution in [0.4, 0.5) is 5.69 Å². The van der Waals surface area contributed by atoms with Crippen molar-refractivity contribution in [3.63, 3.8) is 0 Å². The SMILES string of the molecule is C#CCOc1c(Cl)cc(N=C=O)cc1Cl. The molecule has 5 heteroatoms. The van der Waals surface area contributed by atoms with Gasteiger partial charge in [-0.15, -0.1) is 6.42 Å². The van der Waals surface area contributed by atoms with Crippen LogP contribution in [0.25, 0.3) is 0 Å². The Kier molecular flexibility index (Phi) is 4.20. The molecule has 0 unspecified atom stereocenters. The normalized spacial score (nSPS) is 8.87. The fourth-order valence-electron chi connectivity index (χ4n) is 0.915. The summed E-state index contributed by atoms with van der Waals surface area (Å²) in [5.41, 5.74) is 0.313. The number of nitrogens with zero attached hydrogens (tertiary/aromatic N) is 1. The van der Waals surface area contributed by atoms with E-state index in [2.05, 4.69) is 10.9 Å². The van der Waals surface area contributed by atoms with Gasteiger partial charge in [-0.3, -0.25) is 0 Å². The molecule has 0 amide bonds. The molecule has 0 atom stereocenters. The van der Waals surface area contributed by atoms with Gasteiger partial charge in [0.05, 0.1) is 15.7 Å². The molecule has 0 saturated carbocycles. The van der Waals surface area contributed by atoms with Crippen LogP contribution in [-0.4, -0.2) is 12.7 Å². The number of isocyanates is 1. The van der Waals surface area contributed by atoms with Gasteiger partial charge in [0.15, 0.2) is 5.75 Å². The average Bonchev–Trinajstić information content (AvgIpc) is 2.17. The Morgan fingerprint density at radius 2 is 2.00 bits per heavy atom. The lowest BCUT2D eigenvalue weighted by atomic mass is 10.3. The van der Waals surface area contributed by atoms with Crippen LogP contribution < -0.4 is 4.74 Å². The molecule has 76 valence electrons. The highest BCUT2D eigenvalue weighted by molar-refractivity contribution is 6.37. The number of carbonyl (C=O) groups excluding carboxylic acids is 1. The molecule has 0 fully saturated rings. The third-order valence-electron chi connectivity index (χ3n) is 1.46. The van der Waals surface area contributed by atoms with E-state index < -0.39 is 0 Å². The van der Waals surface area contributed by atoms with Gasteiger partial charge in [0.2, 0.25) is 6.08 Å². The zero-order chi connectivity index (χ0) is 11.3. The van der Waals surface area contributed by atoms with Crippen LogP contribution in [0.1, 0.15) is 0 Å². The van der Waals surface area contributed by atoms with E-state index >= 15 is 0 Å². The second-order valence-corrected chi connectivity index (χ2v) is 3.25. The highest BCUT2D eigenvalue weighted by Gasteiger charge is 2.08. The Balaban J connectivity index is 3.10. The molecular formula is C10H5Cl2NO2. The first kappa shape index (κ1) is 11.6. The lowest BCUT2D eigenvalue weighted by Gasteiger charge is -2.07. The van der Waals surface area contributed by atoms with Crippen molar-refractivity contribution in [1.82, 2.24) is 0 Å². The van der Waals surface area contributed by atoms with Crippen molar-refractivity contribution >= 4 is 35.0 Å². The maximum absolute atomic E-state index is 10.0. The molecule has 0 aliphatic heterocycles. The zero-order valence-corrected chi connectivity index (χ0v) is 8.97. The van der Waals surface area contributed by atoms with E-state index in [4.69, 9.17) is 34.4 Å². The summed E-state index contributed by atoms with van der Waals surface area (Å²) in [5, 5.41) is 0.485. The molecule has 1 aromatic carbocycles. The van der Waals surface area contributed by atoms with Crippen molar-refractivity contribution in [3.05, 3.63) is 22.2 Å². The molecule has 0 aliphatic rings. The minimum absolute atomic E-state index is 0.0652. The third kappa shape index (κ3) is 3.00. The Bertz CT molecular complexity index is 436. The fraction of sp³-hybridized carbons (Fsp3) is 0.100. The number of rotatable bonds is 3. The summed E-state index contributed by atoms with van der Waals surface area (Å²) < 4.78 is 5.11. The van der Waals surface area contributed by atoms with Gasteiger partial charge < -0.3 is 4.74 Å². The average molecular weight is 242 g/mol. The van der Waals surface area contributed by atoms with Gasteiger partial charge in [0.1, 0.15) is 6.61 Å². The highest BCUT2D eigenvalue weighted by atomic mass is 35.5. The first-order chi connectivity index (χ1) is 7.19. The molecule has 0 heterocycles. The lowest BCUT2D eigenvalue weighted by Crippen LogP contribution is -1.94. The van der Waals surface area contributed by atoms with Gasteiger partial charge in [-0.25, -0.2) is 4.79 Å². The molecule has 3 nitrogen and oxygen atoms in total. The molecular weight excluding hydrogens is 237 g/mol. The van der Waals surface area contributed by atoms with E-state index in [0.29, 0.717) is 5.69 Å². The van der Waals surface area contributed by atoms with Crippen LogP contribution in [0.3, 0.4) is 0 Å². The molecule has 0 radical (unpaired) electrons. The number of ether oxygens (including phenoxy) is 1. The molecule has 0 saturated heterocycles. The standard InChI is InChI=1S/C10H5Cl2NO2/c1-2-3-15-10-8(11)4-7(13-6-14)5-9(10)12/h1,4-5H,3H2. The Morgan fingerprint density at radius 3 is 2.47 bits per heavy atom. The number of hydrogen-bond acceptors (Lipinski definition) is 3. The van der Waals surface area contributed by atoms with Gasteiger partial charge >= 0.3 is 0 Å². The van der Waals surface area contributed by atoms with Crippen molar-refractivity contribution < 1.29 is 9.53 Å². The second kappa shape index (κ2) is 5.43. The quantitative estimate of drug-likeness (QED) is 0.464. The molecule has 15 heavy (non-hydrogen) atoms. The van der Waals surface area contributed by atoms with Crippen molar-refractivity contribution in [3.8, 4) is 18.1 Å². The van der Waals surface area contributed by atoms with Gasteiger partial charge in [0.25, 0.3) is 0 Å². The zero-order valence-electron chi connectivity index (χ0n) is 7.46. The number of benzene rings is 1. The summed E-state index contributed by atoms with van der Waals surface area (Å²) in [7, 11) is 0. The fourth-order valence-corrected chi connectivity index (χ4v) is 1.50. The van der Waals surface area contributed by atoms with E-state index in [1.807, 2.05) is 0 Å². The lowest BCUT2D eigenvalue weighted by molar-refractivity contribution is 0.371. The van der Waals surface area contributed by atoms with E-state index in [1.54, 1.807) is 0 Å². The van der Waals surface area contributed by atoms with E-state index in [-0.39, 0.29) is 22.4 Å². The Morgan fingerprint density at radius 1 is 1.40 bits per heavy atom. The van der Waals surface area contributed by atoms with Crippen molar-refractivity contribution in [1.29, 1.82) is 0 Å². The van der Waals surface area contributed by atoms with Crippen LogP contribution in [0.2, 0.25) is 10.0 Å². The molecule has 0 aromatic heterocycles. The van der Waals surface area contributed by atoms with Gasteiger partial charge in [-0.1, -0.05) is 29.1 Å². The Labute approximate surface area is 96.7 Å².